The number of aryl methyl sites for hydroxylation is 1. The number of benzene rings is 2. The van der Waals surface area contributed by atoms with Gasteiger partial charge in [-0.25, -0.2) is 22.0 Å². The fraction of sp³-hybridized carbons (Fsp3) is 0.0714. The number of carbonyl (C=O) groups excluding carboxylic acids is 1. The molecule has 0 fully saturated rings. The summed E-state index contributed by atoms with van der Waals surface area (Å²) in [6, 6.07) is 1.87. The Morgan fingerprint density at radius 1 is 0.800 bits per heavy atom. The van der Waals surface area contributed by atoms with E-state index in [4.69, 9.17) is 0 Å². The van der Waals surface area contributed by atoms with Crippen LogP contribution in [0.3, 0.4) is 0 Å². The van der Waals surface area contributed by atoms with E-state index < -0.39 is 46.0 Å². The molecule has 1 nitrogen and oxygen atoms in total. The highest BCUT2D eigenvalue weighted by Gasteiger charge is 2.23. The molecular weight excluding hydrogens is 279 g/mol. The smallest absolute Gasteiger partial charge is 0.201 e. The third-order valence-corrected chi connectivity index (χ3v) is 2.73. The van der Waals surface area contributed by atoms with Crippen LogP contribution in [0.5, 0.6) is 0 Å². The number of carbonyl (C=O) groups is 1. The van der Waals surface area contributed by atoms with Crippen molar-refractivity contribution in [2.75, 3.05) is 0 Å². The summed E-state index contributed by atoms with van der Waals surface area (Å²) >= 11 is 0. The molecule has 0 atom stereocenters. The van der Waals surface area contributed by atoms with Crippen molar-refractivity contribution in [3.8, 4) is 0 Å². The van der Waals surface area contributed by atoms with Crippen LogP contribution in [0.25, 0.3) is 0 Å². The van der Waals surface area contributed by atoms with E-state index in [0.29, 0.717) is 18.2 Å². The Labute approximate surface area is 110 Å². The maximum atomic E-state index is 13.6. The Hall–Kier alpha value is -2.24. The summed E-state index contributed by atoms with van der Waals surface area (Å²) in [5.74, 6) is -7.57. The van der Waals surface area contributed by atoms with E-state index in [-0.39, 0.29) is 5.56 Å². The van der Waals surface area contributed by atoms with Gasteiger partial charge in [-0.15, -0.1) is 0 Å². The molecule has 20 heavy (non-hydrogen) atoms. The van der Waals surface area contributed by atoms with Gasteiger partial charge in [-0.3, -0.25) is 4.79 Å². The first-order chi connectivity index (χ1) is 9.31. The Kier molecular flexibility index (Phi) is 3.57. The third kappa shape index (κ3) is 2.41. The number of hydrogen-bond donors (Lipinski definition) is 0. The molecule has 0 spiro atoms. The van der Waals surface area contributed by atoms with E-state index >= 15 is 0 Å². The van der Waals surface area contributed by atoms with Crippen LogP contribution in [0.4, 0.5) is 22.0 Å². The van der Waals surface area contributed by atoms with E-state index in [2.05, 4.69) is 0 Å². The average molecular weight is 286 g/mol. The molecule has 2 rings (SSSR count). The predicted octanol–water partition coefficient (Wildman–Crippen LogP) is 3.92. The van der Waals surface area contributed by atoms with Crippen molar-refractivity contribution in [1.29, 1.82) is 0 Å². The minimum absolute atomic E-state index is 0.0564. The molecule has 0 bridgehead atoms. The highest BCUT2D eigenvalue weighted by molar-refractivity contribution is 6.09. The molecule has 0 radical (unpaired) electrons. The fourth-order valence-electron chi connectivity index (χ4n) is 1.71. The molecule has 0 aromatic heterocycles. The second-order valence-corrected chi connectivity index (χ2v) is 4.15. The normalized spacial score (nSPS) is 10.7. The molecule has 0 aliphatic heterocycles. The van der Waals surface area contributed by atoms with Crippen molar-refractivity contribution in [3.63, 3.8) is 0 Å². The molecule has 0 saturated heterocycles. The first kappa shape index (κ1) is 14.2. The van der Waals surface area contributed by atoms with E-state index in [9.17, 15) is 26.7 Å². The van der Waals surface area contributed by atoms with Crippen LogP contribution >= 0.6 is 0 Å². The quantitative estimate of drug-likeness (QED) is 0.604. The second kappa shape index (κ2) is 5.03. The third-order valence-electron chi connectivity index (χ3n) is 2.73. The van der Waals surface area contributed by atoms with Gasteiger partial charge in [-0.1, -0.05) is 0 Å². The maximum absolute atomic E-state index is 13.6. The summed E-state index contributed by atoms with van der Waals surface area (Å²) in [5.41, 5.74) is -2.01. The van der Waals surface area contributed by atoms with Gasteiger partial charge in [0.15, 0.2) is 0 Å². The Morgan fingerprint density at radius 2 is 1.35 bits per heavy atom. The van der Waals surface area contributed by atoms with Gasteiger partial charge < -0.3 is 0 Å². The standard InChI is InChI=1S/C14H7F5O/c1-6-2-10(17)8(5-9(6)16)14(20)13-11(18)3-7(15)4-12(13)19/h2-5H,1H3. The first-order valence-corrected chi connectivity index (χ1v) is 5.46. The van der Waals surface area contributed by atoms with Crippen molar-refractivity contribution in [1.82, 2.24) is 0 Å². The van der Waals surface area contributed by atoms with Crippen LogP contribution < -0.4 is 0 Å². The summed E-state index contributed by atoms with van der Waals surface area (Å²) in [6.45, 7) is 1.27. The lowest BCUT2D eigenvalue weighted by Crippen LogP contribution is -2.11. The summed E-state index contributed by atoms with van der Waals surface area (Å²) in [5, 5.41) is 0. The first-order valence-electron chi connectivity index (χ1n) is 5.46. The van der Waals surface area contributed by atoms with Crippen LogP contribution in [-0.4, -0.2) is 5.78 Å². The molecule has 104 valence electrons. The minimum Gasteiger partial charge on any atom is -0.288 e. The predicted molar refractivity (Wildman–Crippen MR) is 60.8 cm³/mol. The van der Waals surface area contributed by atoms with E-state index in [0.717, 1.165) is 6.07 Å². The molecule has 0 heterocycles. The number of halogens is 5. The zero-order chi connectivity index (χ0) is 15.0. The monoisotopic (exact) mass is 286 g/mol. The van der Waals surface area contributed by atoms with Gasteiger partial charge in [0.25, 0.3) is 0 Å². The number of ketones is 1. The topological polar surface area (TPSA) is 17.1 Å². The van der Waals surface area contributed by atoms with Gasteiger partial charge in [0.05, 0.1) is 11.1 Å². The lowest BCUT2D eigenvalue weighted by molar-refractivity contribution is 0.102. The molecule has 0 aliphatic carbocycles. The largest absolute Gasteiger partial charge is 0.288 e. The summed E-state index contributed by atoms with van der Waals surface area (Å²) in [7, 11) is 0. The molecule has 0 aliphatic rings. The van der Waals surface area contributed by atoms with Crippen LogP contribution in [0.15, 0.2) is 24.3 Å². The Morgan fingerprint density at radius 3 is 1.90 bits per heavy atom. The molecular formula is C14H7F5O. The highest BCUT2D eigenvalue weighted by atomic mass is 19.2. The lowest BCUT2D eigenvalue weighted by Gasteiger charge is -2.07. The minimum atomic E-state index is -1.48. The lowest BCUT2D eigenvalue weighted by atomic mass is 10.00. The molecule has 0 amide bonds. The molecule has 0 unspecified atom stereocenters. The van der Waals surface area contributed by atoms with Crippen molar-refractivity contribution in [3.05, 3.63) is 70.0 Å². The van der Waals surface area contributed by atoms with Crippen molar-refractivity contribution in [2.45, 2.75) is 6.92 Å². The maximum Gasteiger partial charge on any atom is 0.201 e. The number of hydrogen-bond acceptors (Lipinski definition) is 1. The SMILES string of the molecule is Cc1cc(F)c(C(=O)c2c(F)cc(F)cc2F)cc1F. The van der Waals surface area contributed by atoms with Crippen LogP contribution in [-0.2, 0) is 0 Å². The Bertz CT molecular complexity index is 686. The van der Waals surface area contributed by atoms with Gasteiger partial charge in [0.2, 0.25) is 5.78 Å². The van der Waals surface area contributed by atoms with Crippen molar-refractivity contribution >= 4 is 5.78 Å². The molecule has 6 heteroatoms. The van der Waals surface area contributed by atoms with E-state index in [1.807, 2.05) is 0 Å². The van der Waals surface area contributed by atoms with Crippen LogP contribution in [0, 0.1) is 36.0 Å². The zero-order valence-corrected chi connectivity index (χ0v) is 10.1. The summed E-state index contributed by atoms with van der Waals surface area (Å²) in [6.07, 6.45) is 0. The average Bonchev–Trinajstić information content (AvgIpc) is 2.32. The Balaban J connectivity index is 2.61. The van der Waals surface area contributed by atoms with Gasteiger partial charge in [-0.05, 0) is 24.6 Å². The molecule has 0 saturated carbocycles. The second-order valence-electron chi connectivity index (χ2n) is 4.15. The molecule has 0 N–H and O–H groups in total. The van der Waals surface area contributed by atoms with E-state index in [1.54, 1.807) is 0 Å². The van der Waals surface area contributed by atoms with Crippen LogP contribution in [0.1, 0.15) is 21.5 Å². The van der Waals surface area contributed by atoms with Crippen molar-refractivity contribution in [2.24, 2.45) is 0 Å². The summed E-state index contributed by atoms with van der Waals surface area (Å²) in [4.78, 5) is 11.9. The molecule has 2 aromatic carbocycles. The molecule has 2 aromatic rings. The summed E-state index contributed by atoms with van der Waals surface area (Å²) < 4.78 is 66.6. The van der Waals surface area contributed by atoms with Gasteiger partial charge >= 0.3 is 0 Å². The fourth-order valence-corrected chi connectivity index (χ4v) is 1.71. The van der Waals surface area contributed by atoms with Crippen LogP contribution in [0.2, 0.25) is 0 Å². The van der Waals surface area contributed by atoms with Gasteiger partial charge in [0.1, 0.15) is 29.1 Å². The van der Waals surface area contributed by atoms with Gasteiger partial charge in [-0.2, -0.15) is 0 Å². The van der Waals surface area contributed by atoms with E-state index in [1.165, 1.54) is 6.92 Å². The highest BCUT2D eigenvalue weighted by Crippen LogP contribution is 2.22. The number of rotatable bonds is 2. The zero-order valence-electron chi connectivity index (χ0n) is 10.1. The van der Waals surface area contributed by atoms with Crippen molar-refractivity contribution < 1.29 is 26.7 Å². The van der Waals surface area contributed by atoms with Gasteiger partial charge in [0, 0.05) is 12.1 Å².